The standard InChI is InChI=1S/C22H32N4O/c27-22-7-3-11-26(22)20-5-1-4-19(16-20)24-12-8-18(9-13-24)25-15-14-23-10-2-6-21(23)17-25/h1,4-5,16,18,21H,2-3,6-15,17H2. The summed E-state index contributed by atoms with van der Waals surface area (Å²) >= 11 is 0. The maximum atomic E-state index is 12.1. The van der Waals surface area contributed by atoms with Gasteiger partial charge in [-0.15, -0.1) is 0 Å². The van der Waals surface area contributed by atoms with Gasteiger partial charge in [0.25, 0.3) is 0 Å². The van der Waals surface area contributed by atoms with Crippen molar-refractivity contribution in [2.24, 2.45) is 0 Å². The average molecular weight is 369 g/mol. The smallest absolute Gasteiger partial charge is 0.227 e. The summed E-state index contributed by atoms with van der Waals surface area (Å²) in [4.78, 5) is 22.0. The number of fused-ring (bicyclic) bond motifs is 1. The van der Waals surface area contributed by atoms with Crippen molar-refractivity contribution in [3.63, 3.8) is 0 Å². The zero-order valence-electron chi connectivity index (χ0n) is 16.4. The van der Waals surface area contributed by atoms with Crippen molar-refractivity contribution in [1.29, 1.82) is 0 Å². The van der Waals surface area contributed by atoms with Crippen LogP contribution in [0, 0.1) is 0 Å². The zero-order chi connectivity index (χ0) is 18.2. The summed E-state index contributed by atoms with van der Waals surface area (Å²) in [5.74, 6) is 0.275. The quantitative estimate of drug-likeness (QED) is 0.820. The Labute approximate surface area is 162 Å². The molecule has 1 atom stereocenters. The molecule has 0 bridgehead atoms. The fraction of sp³-hybridized carbons (Fsp3) is 0.682. The number of anilines is 2. The first-order chi connectivity index (χ1) is 13.3. The van der Waals surface area contributed by atoms with Crippen molar-refractivity contribution in [2.45, 2.75) is 50.6 Å². The Morgan fingerprint density at radius 3 is 2.41 bits per heavy atom. The number of rotatable bonds is 3. The average Bonchev–Trinajstić information content (AvgIpc) is 3.36. The Morgan fingerprint density at radius 2 is 1.59 bits per heavy atom. The van der Waals surface area contributed by atoms with Gasteiger partial charge in [0.2, 0.25) is 5.91 Å². The van der Waals surface area contributed by atoms with E-state index in [2.05, 4.69) is 39.0 Å². The molecule has 4 fully saturated rings. The minimum Gasteiger partial charge on any atom is -0.371 e. The number of carbonyl (C=O) groups excluding carboxylic acids is 1. The van der Waals surface area contributed by atoms with Gasteiger partial charge in [0.05, 0.1) is 0 Å². The van der Waals surface area contributed by atoms with E-state index in [1.807, 2.05) is 4.90 Å². The van der Waals surface area contributed by atoms with Crippen molar-refractivity contribution in [1.82, 2.24) is 9.80 Å². The van der Waals surface area contributed by atoms with Crippen molar-refractivity contribution < 1.29 is 4.79 Å². The highest BCUT2D eigenvalue weighted by molar-refractivity contribution is 5.95. The van der Waals surface area contributed by atoms with Gasteiger partial charge in [-0.05, 0) is 56.8 Å². The Balaban J connectivity index is 1.20. The molecule has 4 aliphatic rings. The molecule has 4 aliphatic heterocycles. The Kier molecular flexibility index (Phi) is 4.82. The largest absolute Gasteiger partial charge is 0.371 e. The molecular formula is C22H32N4O. The molecule has 1 aromatic carbocycles. The van der Waals surface area contributed by atoms with E-state index < -0.39 is 0 Å². The van der Waals surface area contributed by atoms with E-state index in [0.29, 0.717) is 6.42 Å². The minimum absolute atomic E-state index is 0.275. The van der Waals surface area contributed by atoms with E-state index in [-0.39, 0.29) is 5.91 Å². The van der Waals surface area contributed by atoms with Crippen LogP contribution in [-0.4, -0.2) is 73.6 Å². The first-order valence-electron chi connectivity index (χ1n) is 10.9. The van der Waals surface area contributed by atoms with Crippen LogP contribution in [0.4, 0.5) is 11.4 Å². The lowest BCUT2D eigenvalue weighted by atomic mass is 10.00. The van der Waals surface area contributed by atoms with E-state index in [9.17, 15) is 4.79 Å². The number of carbonyl (C=O) groups is 1. The van der Waals surface area contributed by atoms with Crippen LogP contribution >= 0.6 is 0 Å². The summed E-state index contributed by atoms with van der Waals surface area (Å²) in [5.41, 5.74) is 2.36. The number of benzene rings is 1. The number of hydrogen-bond donors (Lipinski definition) is 0. The molecular weight excluding hydrogens is 336 g/mol. The number of piperazine rings is 1. The van der Waals surface area contributed by atoms with Crippen LogP contribution in [0.25, 0.3) is 0 Å². The van der Waals surface area contributed by atoms with Gasteiger partial charge in [0.15, 0.2) is 0 Å². The van der Waals surface area contributed by atoms with Crippen LogP contribution in [0.2, 0.25) is 0 Å². The lowest BCUT2D eigenvalue weighted by molar-refractivity contribution is -0.117. The van der Waals surface area contributed by atoms with Gasteiger partial charge >= 0.3 is 0 Å². The molecule has 1 amide bonds. The molecule has 0 radical (unpaired) electrons. The monoisotopic (exact) mass is 368 g/mol. The van der Waals surface area contributed by atoms with Crippen LogP contribution in [0.1, 0.15) is 38.5 Å². The molecule has 4 saturated heterocycles. The molecule has 0 aliphatic carbocycles. The topological polar surface area (TPSA) is 30.0 Å². The SMILES string of the molecule is O=C1CCCN1c1cccc(N2CCC(N3CCN4CCCC4C3)CC2)c1. The summed E-state index contributed by atoms with van der Waals surface area (Å²) in [6.07, 6.45) is 7.01. The van der Waals surface area contributed by atoms with Crippen LogP contribution in [-0.2, 0) is 4.79 Å². The van der Waals surface area contributed by atoms with E-state index in [0.717, 1.165) is 43.8 Å². The molecule has 0 saturated carbocycles. The molecule has 0 aromatic heterocycles. The fourth-order valence-electron chi connectivity index (χ4n) is 5.61. The van der Waals surface area contributed by atoms with Gasteiger partial charge in [0, 0.05) is 69.1 Å². The van der Waals surface area contributed by atoms with Crippen LogP contribution in [0.5, 0.6) is 0 Å². The summed E-state index contributed by atoms with van der Waals surface area (Å²) < 4.78 is 0. The van der Waals surface area contributed by atoms with E-state index in [4.69, 9.17) is 0 Å². The molecule has 0 N–H and O–H groups in total. The number of nitrogens with zero attached hydrogens (tertiary/aromatic N) is 4. The van der Waals surface area contributed by atoms with Crippen LogP contribution in [0.15, 0.2) is 24.3 Å². The van der Waals surface area contributed by atoms with Gasteiger partial charge in [-0.25, -0.2) is 0 Å². The first-order valence-corrected chi connectivity index (χ1v) is 10.9. The third-order valence-corrected chi connectivity index (χ3v) is 7.18. The Bertz CT molecular complexity index is 685. The van der Waals surface area contributed by atoms with Gasteiger partial charge < -0.3 is 9.80 Å². The molecule has 1 unspecified atom stereocenters. The molecule has 0 spiro atoms. The molecule has 5 heteroatoms. The van der Waals surface area contributed by atoms with E-state index in [1.165, 1.54) is 57.5 Å². The Hall–Kier alpha value is -1.59. The third-order valence-electron chi connectivity index (χ3n) is 7.18. The van der Waals surface area contributed by atoms with Crippen molar-refractivity contribution in [3.05, 3.63) is 24.3 Å². The van der Waals surface area contributed by atoms with Crippen molar-refractivity contribution >= 4 is 17.3 Å². The molecule has 1 aromatic rings. The predicted molar refractivity (Wildman–Crippen MR) is 109 cm³/mol. The maximum Gasteiger partial charge on any atom is 0.227 e. The summed E-state index contributed by atoms with van der Waals surface area (Å²) in [6, 6.07) is 10.2. The van der Waals surface area contributed by atoms with E-state index in [1.54, 1.807) is 0 Å². The molecule has 27 heavy (non-hydrogen) atoms. The second kappa shape index (κ2) is 7.44. The number of amides is 1. The lowest BCUT2D eigenvalue weighted by Gasteiger charge is -2.45. The molecule has 4 heterocycles. The normalized spacial score (nSPS) is 28.1. The number of piperidine rings is 1. The highest BCUT2D eigenvalue weighted by atomic mass is 16.2. The van der Waals surface area contributed by atoms with Gasteiger partial charge in [-0.2, -0.15) is 0 Å². The molecule has 146 valence electrons. The summed E-state index contributed by atoms with van der Waals surface area (Å²) in [5, 5.41) is 0. The fourth-order valence-corrected chi connectivity index (χ4v) is 5.61. The third kappa shape index (κ3) is 3.47. The zero-order valence-corrected chi connectivity index (χ0v) is 16.4. The van der Waals surface area contributed by atoms with Crippen LogP contribution in [0.3, 0.4) is 0 Å². The lowest BCUT2D eigenvalue weighted by Crippen LogP contribution is -2.55. The highest BCUT2D eigenvalue weighted by Gasteiger charge is 2.34. The summed E-state index contributed by atoms with van der Waals surface area (Å²) in [7, 11) is 0. The van der Waals surface area contributed by atoms with Gasteiger partial charge in [0.1, 0.15) is 0 Å². The van der Waals surface area contributed by atoms with Crippen molar-refractivity contribution in [2.75, 3.05) is 55.6 Å². The highest BCUT2D eigenvalue weighted by Crippen LogP contribution is 2.30. The van der Waals surface area contributed by atoms with Gasteiger partial charge in [-0.3, -0.25) is 14.6 Å². The first kappa shape index (κ1) is 17.5. The second-order valence-electron chi connectivity index (χ2n) is 8.71. The predicted octanol–water partition coefficient (Wildman–Crippen LogP) is 2.56. The minimum atomic E-state index is 0.275. The summed E-state index contributed by atoms with van der Waals surface area (Å²) in [6.45, 7) is 8.28. The van der Waals surface area contributed by atoms with Crippen molar-refractivity contribution in [3.8, 4) is 0 Å². The molecule has 5 nitrogen and oxygen atoms in total. The van der Waals surface area contributed by atoms with Crippen LogP contribution < -0.4 is 9.80 Å². The number of hydrogen-bond acceptors (Lipinski definition) is 4. The van der Waals surface area contributed by atoms with E-state index >= 15 is 0 Å². The van der Waals surface area contributed by atoms with Gasteiger partial charge in [-0.1, -0.05) is 6.07 Å². The second-order valence-corrected chi connectivity index (χ2v) is 8.71. The maximum absolute atomic E-state index is 12.1. The Morgan fingerprint density at radius 1 is 0.778 bits per heavy atom. The molecule has 5 rings (SSSR count).